The Bertz CT molecular complexity index is 1030. The van der Waals surface area contributed by atoms with Crippen molar-refractivity contribution in [2.24, 2.45) is 0 Å². The fourth-order valence-corrected chi connectivity index (χ4v) is 4.19. The average Bonchev–Trinajstić information content (AvgIpc) is 3.22. The summed E-state index contributed by atoms with van der Waals surface area (Å²) in [7, 11) is 0. The molecular formula is C22H22ClN5O2S. The van der Waals surface area contributed by atoms with Crippen LogP contribution in [-0.2, 0) is 11.2 Å². The summed E-state index contributed by atoms with van der Waals surface area (Å²) >= 11 is 7.14. The Balaban J connectivity index is 1.25. The van der Waals surface area contributed by atoms with Crippen molar-refractivity contribution in [3.05, 3.63) is 70.7 Å². The number of urea groups is 1. The summed E-state index contributed by atoms with van der Waals surface area (Å²) in [6, 6.07) is 16.7. The maximum Gasteiger partial charge on any atom is 0.325 e. The SMILES string of the molecule is O=C(Nc1ccc(Cl)cc1)Nc1nc(CC(=O)N2CCN(c3ccccc3)CC2)cs1. The molecule has 2 N–H and O–H groups in total. The molecule has 1 aromatic heterocycles. The van der Waals surface area contributed by atoms with E-state index in [1.807, 2.05) is 23.1 Å². The molecule has 1 fully saturated rings. The van der Waals surface area contributed by atoms with Gasteiger partial charge in [-0.3, -0.25) is 10.1 Å². The van der Waals surface area contributed by atoms with Gasteiger partial charge in [-0.2, -0.15) is 0 Å². The van der Waals surface area contributed by atoms with Crippen LogP contribution in [0.3, 0.4) is 0 Å². The predicted molar refractivity (Wildman–Crippen MR) is 125 cm³/mol. The molecule has 4 rings (SSSR count). The molecule has 7 nitrogen and oxygen atoms in total. The van der Waals surface area contributed by atoms with Crippen LogP contribution in [0.5, 0.6) is 0 Å². The number of carbonyl (C=O) groups is 2. The van der Waals surface area contributed by atoms with Crippen molar-refractivity contribution in [3.8, 4) is 0 Å². The number of piperazine rings is 1. The average molecular weight is 456 g/mol. The van der Waals surface area contributed by atoms with Gasteiger partial charge in [0.2, 0.25) is 5.91 Å². The van der Waals surface area contributed by atoms with Gasteiger partial charge in [-0.25, -0.2) is 9.78 Å². The molecule has 0 aliphatic carbocycles. The number of nitrogens with zero attached hydrogens (tertiary/aromatic N) is 3. The van der Waals surface area contributed by atoms with Gasteiger partial charge in [0, 0.05) is 48.0 Å². The Kier molecular flexibility index (Phi) is 6.69. The maximum absolute atomic E-state index is 12.7. The Morgan fingerprint density at radius 2 is 1.68 bits per heavy atom. The minimum absolute atomic E-state index is 0.0511. The second kappa shape index (κ2) is 9.80. The topological polar surface area (TPSA) is 77.6 Å². The second-order valence-electron chi connectivity index (χ2n) is 7.11. The summed E-state index contributed by atoms with van der Waals surface area (Å²) in [6.45, 7) is 2.99. The Labute approximate surface area is 189 Å². The molecule has 2 heterocycles. The number of amides is 3. The lowest BCUT2D eigenvalue weighted by Crippen LogP contribution is -2.49. The summed E-state index contributed by atoms with van der Waals surface area (Å²) in [5, 5.41) is 8.26. The third-order valence-corrected chi connectivity index (χ3v) is 6.02. The van der Waals surface area contributed by atoms with Crippen molar-refractivity contribution in [3.63, 3.8) is 0 Å². The summed E-state index contributed by atoms with van der Waals surface area (Å²) in [4.78, 5) is 33.3. The molecule has 0 unspecified atom stereocenters. The van der Waals surface area contributed by atoms with Gasteiger partial charge in [0.25, 0.3) is 0 Å². The van der Waals surface area contributed by atoms with Crippen LogP contribution in [0.1, 0.15) is 5.69 Å². The second-order valence-corrected chi connectivity index (χ2v) is 8.40. The standard InChI is InChI=1S/C22H22ClN5O2S/c23-16-6-8-17(9-7-16)24-21(30)26-22-25-18(15-31-22)14-20(29)28-12-10-27(11-13-28)19-4-2-1-3-5-19/h1-9,15H,10-14H2,(H2,24,25,26,30). The van der Waals surface area contributed by atoms with Gasteiger partial charge in [0.05, 0.1) is 12.1 Å². The first-order chi connectivity index (χ1) is 15.1. The van der Waals surface area contributed by atoms with E-state index in [1.54, 1.807) is 29.6 Å². The lowest BCUT2D eigenvalue weighted by molar-refractivity contribution is -0.130. The van der Waals surface area contributed by atoms with E-state index in [-0.39, 0.29) is 12.3 Å². The van der Waals surface area contributed by atoms with E-state index in [4.69, 9.17) is 11.6 Å². The molecule has 2 aromatic carbocycles. The van der Waals surface area contributed by atoms with Gasteiger partial charge in [-0.05, 0) is 36.4 Å². The predicted octanol–water partition coefficient (Wildman–Crippen LogP) is 4.33. The summed E-state index contributed by atoms with van der Waals surface area (Å²) in [5.41, 5.74) is 2.47. The van der Waals surface area contributed by atoms with Crippen molar-refractivity contribution >= 4 is 51.4 Å². The van der Waals surface area contributed by atoms with E-state index in [1.165, 1.54) is 17.0 Å². The molecule has 0 saturated carbocycles. The van der Waals surface area contributed by atoms with Gasteiger partial charge in [-0.1, -0.05) is 29.8 Å². The van der Waals surface area contributed by atoms with E-state index < -0.39 is 6.03 Å². The number of halogens is 1. The lowest BCUT2D eigenvalue weighted by Gasteiger charge is -2.36. The highest BCUT2D eigenvalue weighted by Gasteiger charge is 2.22. The number of anilines is 3. The molecule has 0 spiro atoms. The number of nitrogens with one attached hydrogen (secondary N) is 2. The molecular weight excluding hydrogens is 434 g/mol. The summed E-state index contributed by atoms with van der Waals surface area (Å²) in [6.07, 6.45) is 0.225. The molecule has 1 aliphatic rings. The highest BCUT2D eigenvalue weighted by molar-refractivity contribution is 7.14. The maximum atomic E-state index is 12.7. The quantitative estimate of drug-likeness (QED) is 0.600. The first-order valence-electron chi connectivity index (χ1n) is 9.92. The molecule has 0 bridgehead atoms. The molecule has 160 valence electrons. The highest BCUT2D eigenvalue weighted by Crippen LogP contribution is 2.19. The lowest BCUT2D eigenvalue weighted by atomic mass is 10.2. The van der Waals surface area contributed by atoms with Crippen molar-refractivity contribution in [1.82, 2.24) is 9.88 Å². The normalized spacial score (nSPS) is 13.7. The number of rotatable bonds is 5. The number of aromatic nitrogens is 1. The van der Waals surface area contributed by atoms with Crippen molar-refractivity contribution in [1.29, 1.82) is 0 Å². The van der Waals surface area contributed by atoms with Crippen LogP contribution in [-0.4, -0.2) is 48.0 Å². The molecule has 1 saturated heterocycles. The van der Waals surface area contributed by atoms with Gasteiger partial charge in [0.1, 0.15) is 0 Å². The van der Waals surface area contributed by atoms with E-state index in [0.717, 1.165) is 13.1 Å². The summed E-state index contributed by atoms with van der Waals surface area (Å²) < 4.78 is 0. The highest BCUT2D eigenvalue weighted by atomic mass is 35.5. The van der Waals surface area contributed by atoms with Crippen LogP contribution >= 0.6 is 22.9 Å². The molecule has 31 heavy (non-hydrogen) atoms. The van der Waals surface area contributed by atoms with E-state index in [9.17, 15) is 9.59 Å². The Morgan fingerprint density at radius 3 is 2.39 bits per heavy atom. The zero-order valence-corrected chi connectivity index (χ0v) is 18.3. The van der Waals surface area contributed by atoms with Crippen LogP contribution in [0.4, 0.5) is 21.3 Å². The number of hydrogen-bond donors (Lipinski definition) is 2. The first kappa shape index (κ1) is 21.1. The number of carbonyl (C=O) groups excluding carboxylic acids is 2. The minimum Gasteiger partial charge on any atom is -0.368 e. The van der Waals surface area contributed by atoms with Crippen molar-refractivity contribution in [2.75, 3.05) is 41.7 Å². The molecule has 1 aliphatic heterocycles. The fourth-order valence-electron chi connectivity index (χ4n) is 3.36. The Morgan fingerprint density at radius 1 is 0.968 bits per heavy atom. The van der Waals surface area contributed by atoms with Crippen LogP contribution in [0, 0.1) is 0 Å². The van der Waals surface area contributed by atoms with Crippen LogP contribution in [0.15, 0.2) is 60.0 Å². The molecule has 9 heteroatoms. The number of thiazole rings is 1. The molecule has 3 aromatic rings. The van der Waals surface area contributed by atoms with Crippen LogP contribution in [0.2, 0.25) is 5.02 Å². The van der Waals surface area contributed by atoms with Crippen LogP contribution in [0.25, 0.3) is 0 Å². The number of hydrogen-bond acceptors (Lipinski definition) is 5. The van der Waals surface area contributed by atoms with Crippen LogP contribution < -0.4 is 15.5 Å². The van der Waals surface area contributed by atoms with E-state index in [0.29, 0.717) is 34.6 Å². The monoisotopic (exact) mass is 455 g/mol. The van der Waals surface area contributed by atoms with Crippen molar-refractivity contribution < 1.29 is 9.59 Å². The first-order valence-corrected chi connectivity index (χ1v) is 11.2. The van der Waals surface area contributed by atoms with Gasteiger partial charge in [0.15, 0.2) is 5.13 Å². The zero-order valence-electron chi connectivity index (χ0n) is 16.8. The molecule has 0 radical (unpaired) electrons. The number of para-hydroxylation sites is 1. The fraction of sp³-hybridized carbons (Fsp3) is 0.227. The largest absolute Gasteiger partial charge is 0.368 e. The van der Waals surface area contributed by atoms with E-state index in [2.05, 4.69) is 32.7 Å². The molecule has 3 amide bonds. The number of benzene rings is 2. The van der Waals surface area contributed by atoms with Gasteiger partial charge >= 0.3 is 6.03 Å². The van der Waals surface area contributed by atoms with E-state index >= 15 is 0 Å². The third-order valence-electron chi connectivity index (χ3n) is 4.96. The third kappa shape index (κ3) is 5.74. The summed E-state index contributed by atoms with van der Waals surface area (Å²) in [5.74, 6) is 0.0511. The minimum atomic E-state index is -0.397. The smallest absolute Gasteiger partial charge is 0.325 e. The van der Waals surface area contributed by atoms with Crippen molar-refractivity contribution in [2.45, 2.75) is 6.42 Å². The van der Waals surface area contributed by atoms with Gasteiger partial charge < -0.3 is 15.1 Å². The zero-order chi connectivity index (χ0) is 21.6. The van der Waals surface area contributed by atoms with Gasteiger partial charge in [-0.15, -0.1) is 11.3 Å². The molecule has 0 atom stereocenters. The Hall–Kier alpha value is -3.10.